The van der Waals surface area contributed by atoms with Gasteiger partial charge in [0.1, 0.15) is 17.2 Å². The van der Waals surface area contributed by atoms with Gasteiger partial charge >= 0.3 is 12.1 Å². The van der Waals surface area contributed by atoms with Gasteiger partial charge in [0.25, 0.3) is 0 Å². The number of carboxylic acids is 1. The number of aryl methyl sites for hydroxylation is 1. The van der Waals surface area contributed by atoms with Gasteiger partial charge in [0.2, 0.25) is 0 Å². The maximum absolute atomic E-state index is 12.2. The normalized spacial score (nSPS) is 12.5. The molecule has 7 heteroatoms. The fraction of sp³-hybridized carbons (Fsp3) is 0.303. The lowest BCUT2D eigenvalue weighted by molar-refractivity contribution is -0.139. The van der Waals surface area contributed by atoms with E-state index >= 15 is 0 Å². The van der Waals surface area contributed by atoms with Crippen molar-refractivity contribution in [1.82, 2.24) is 14.9 Å². The summed E-state index contributed by atoms with van der Waals surface area (Å²) >= 11 is 0. The minimum Gasteiger partial charge on any atom is -0.480 e. The average molecular weight is 540 g/mol. The second-order valence-corrected chi connectivity index (χ2v) is 10.9. The van der Waals surface area contributed by atoms with Gasteiger partial charge in [-0.05, 0) is 63.6 Å². The third-order valence-corrected chi connectivity index (χ3v) is 6.94. The van der Waals surface area contributed by atoms with Crippen molar-refractivity contribution in [2.75, 3.05) is 0 Å². The molecule has 0 bridgehead atoms. The van der Waals surface area contributed by atoms with Crippen molar-refractivity contribution in [3.8, 4) is 0 Å². The maximum Gasteiger partial charge on any atom is 0.408 e. The summed E-state index contributed by atoms with van der Waals surface area (Å²) in [4.78, 5) is 28.8. The fourth-order valence-corrected chi connectivity index (χ4v) is 5.17. The summed E-state index contributed by atoms with van der Waals surface area (Å²) in [6, 6.07) is 30.1. The molecule has 1 heterocycles. The predicted octanol–water partition coefficient (Wildman–Crippen LogP) is 6.33. The van der Waals surface area contributed by atoms with E-state index in [1.165, 1.54) is 0 Å². The highest BCUT2D eigenvalue weighted by atomic mass is 16.6. The van der Waals surface area contributed by atoms with Crippen LogP contribution in [0.3, 0.4) is 0 Å². The number of alkyl carbamates (subject to hydrolysis) is 1. The molecular weight excluding hydrogens is 502 g/mol. The van der Waals surface area contributed by atoms with Crippen molar-refractivity contribution in [2.45, 2.75) is 64.1 Å². The zero-order chi connectivity index (χ0) is 28.8. The Hall–Kier alpha value is -4.39. The lowest BCUT2D eigenvalue weighted by Gasteiger charge is -2.38. The summed E-state index contributed by atoms with van der Waals surface area (Å²) in [6.07, 6.45) is 2.48. The molecule has 0 unspecified atom stereocenters. The SMILES string of the molecule is Cc1c(CCC[C@H](NC(=O)OC(C)(C)C)C(=O)O)ncn1C(c1ccccc1)(c1ccccc1)c1ccccc1. The molecule has 4 rings (SSSR count). The highest BCUT2D eigenvalue weighted by Crippen LogP contribution is 2.41. The van der Waals surface area contributed by atoms with Crippen LogP contribution < -0.4 is 5.32 Å². The van der Waals surface area contributed by atoms with E-state index in [1.807, 2.05) is 60.9 Å². The van der Waals surface area contributed by atoms with Crippen molar-refractivity contribution >= 4 is 12.1 Å². The Labute approximate surface area is 235 Å². The van der Waals surface area contributed by atoms with E-state index in [9.17, 15) is 14.7 Å². The molecular formula is C33H37N3O4. The van der Waals surface area contributed by atoms with Crippen LogP contribution in [-0.4, -0.2) is 38.4 Å². The minimum absolute atomic E-state index is 0.252. The Morgan fingerprint density at radius 1 is 0.875 bits per heavy atom. The number of imidazole rings is 1. The molecule has 208 valence electrons. The van der Waals surface area contributed by atoms with E-state index in [0.29, 0.717) is 12.8 Å². The van der Waals surface area contributed by atoms with Crippen LogP contribution in [0.4, 0.5) is 4.79 Å². The van der Waals surface area contributed by atoms with Crippen LogP contribution in [0.1, 0.15) is 61.7 Å². The number of hydrogen-bond donors (Lipinski definition) is 2. The first-order chi connectivity index (χ1) is 19.1. The van der Waals surface area contributed by atoms with Crippen molar-refractivity contribution < 1.29 is 19.4 Å². The van der Waals surface area contributed by atoms with Crippen molar-refractivity contribution in [3.05, 3.63) is 125 Å². The zero-order valence-electron chi connectivity index (χ0n) is 23.5. The number of amides is 1. The highest BCUT2D eigenvalue weighted by molar-refractivity contribution is 5.79. The molecule has 40 heavy (non-hydrogen) atoms. The second kappa shape index (κ2) is 12.2. The molecule has 7 nitrogen and oxygen atoms in total. The molecule has 0 aliphatic rings. The number of carbonyl (C=O) groups excluding carboxylic acids is 1. The molecule has 0 fully saturated rings. The van der Waals surface area contributed by atoms with Crippen LogP contribution in [0.2, 0.25) is 0 Å². The maximum atomic E-state index is 12.2. The number of ether oxygens (including phenoxy) is 1. The van der Waals surface area contributed by atoms with E-state index in [1.54, 1.807) is 20.8 Å². The third-order valence-electron chi connectivity index (χ3n) is 6.94. The highest BCUT2D eigenvalue weighted by Gasteiger charge is 2.39. The average Bonchev–Trinajstić information content (AvgIpc) is 3.29. The molecule has 2 N–H and O–H groups in total. The van der Waals surface area contributed by atoms with Crippen LogP contribution in [0.5, 0.6) is 0 Å². The quantitative estimate of drug-likeness (QED) is 0.230. The number of nitrogens with zero attached hydrogens (tertiary/aromatic N) is 2. The van der Waals surface area contributed by atoms with Crippen LogP contribution in [0.15, 0.2) is 97.3 Å². The van der Waals surface area contributed by atoms with E-state index in [-0.39, 0.29) is 6.42 Å². The van der Waals surface area contributed by atoms with Gasteiger partial charge in [0.15, 0.2) is 0 Å². The Bertz CT molecular complexity index is 1310. The predicted molar refractivity (Wildman–Crippen MR) is 155 cm³/mol. The molecule has 1 aromatic heterocycles. The van der Waals surface area contributed by atoms with Crippen LogP contribution in [-0.2, 0) is 21.5 Å². The number of aliphatic carboxylic acids is 1. The molecule has 1 amide bonds. The summed E-state index contributed by atoms with van der Waals surface area (Å²) in [5.41, 5.74) is 3.81. The number of carboxylic acid groups (broad SMARTS) is 1. The van der Waals surface area contributed by atoms with Crippen molar-refractivity contribution in [2.24, 2.45) is 0 Å². The van der Waals surface area contributed by atoms with E-state index < -0.39 is 29.2 Å². The summed E-state index contributed by atoms with van der Waals surface area (Å²) in [5.74, 6) is -1.09. The molecule has 4 aromatic rings. The first-order valence-electron chi connectivity index (χ1n) is 13.5. The Balaban J connectivity index is 1.67. The van der Waals surface area contributed by atoms with Crippen LogP contribution >= 0.6 is 0 Å². The molecule has 1 atom stereocenters. The van der Waals surface area contributed by atoms with Gasteiger partial charge < -0.3 is 19.7 Å². The molecule has 0 aliphatic heterocycles. The minimum atomic E-state index is -1.09. The number of rotatable bonds is 10. The summed E-state index contributed by atoms with van der Waals surface area (Å²) in [7, 11) is 0. The number of benzene rings is 3. The van der Waals surface area contributed by atoms with Gasteiger partial charge in [0.05, 0.1) is 12.0 Å². The second-order valence-electron chi connectivity index (χ2n) is 10.9. The number of nitrogens with one attached hydrogen (secondary N) is 1. The van der Waals surface area contributed by atoms with Gasteiger partial charge in [-0.1, -0.05) is 91.0 Å². The molecule has 0 saturated carbocycles. The van der Waals surface area contributed by atoms with Gasteiger partial charge in [-0.2, -0.15) is 0 Å². The number of carbonyl (C=O) groups is 2. The number of aromatic nitrogens is 2. The molecule has 0 aliphatic carbocycles. The summed E-state index contributed by atoms with van der Waals surface area (Å²) in [6.45, 7) is 7.27. The lowest BCUT2D eigenvalue weighted by Crippen LogP contribution is -2.43. The van der Waals surface area contributed by atoms with Crippen molar-refractivity contribution in [3.63, 3.8) is 0 Å². The van der Waals surface area contributed by atoms with Crippen LogP contribution in [0, 0.1) is 6.92 Å². The summed E-state index contributed by atoms with van der Waals surface area (Å²) < 4.78 is 7.46. The summed E-state index contributed by atoms with van der Waals surface area (Å²) in [5, 5.41) is 12.2. The van der Waals surface area contributed by atoms with E-state index in [0.717, 1.165) is 28.1 Å². The van der Waals surface area contributed by atoms with Gasteiger partial charge in [-0.3, -0.25) is 0 Å². The Kier molecular flexibility index (Phi) is 8.73. The van der Waals surface area contributed by atoms with E-state index in [4.69, 9.17) is 9.72 Å². The lowest BCUT2D eigenvalue weighted by atomic mass is 9.76. The monoisotopic (exact) mass is 539 g/mol. The molecule has 0 saturated heterocycles. The first-order valence-corrected chi connectivity index (χ1v) is 13.5. The van der Waals surface area contributed by atoms with Crippen molar-refractivity contribution in [1.29, 1.82) is 0 Å². The topological polar surface area (TPSA) is 93.4 Å². The molecule has 3 aromatic carbocycles. The first kappa shape index (κ1) is 28.6. The molecule has 0 radical (unpaired) electrons. The standard InChI is InChI=1S/C33H37N3O4/c1-24-28(21-14-22-29(30(37)38)35-31(39)40-32(2,3)4)34-23-36(24)33(25-15-8-5-9-16-25,26-17-10-6-11-18-26)27-19-12-7-13-20-27/h5-13,15-20,23,29H,14,21-22H2,1-4H3,(H,35,39)(H,37,38)/t29-/m0/s1. The Morgan fingerprint density at radius 2 is 1.35 bits per heavy atom. The third kappa shape index (κ3) is 6.25. The zero-order valence-corrected chi connectivity index (χ0v) is 23.5. The smallest absolute Gasteiger partial charge is 0.408 e. The van der Waals surface area contributed by atoms with Gasteiger partial charge in [0, 0.05) is 5.69 Å². The number of hydrogen-bond acceptors (Lipinski definition) is 4. The largest absolute Gasteiger partial charge is 0.480 e. The van der Waals surface area contributed by atoms with Gasteiger partial charge in [-0.25, -0.2) is 14.6 Å². The van der Waals surface area contributed by atoms with E-state index in [2.05, 4.69) is 53.2 Å². The van der Waals surface area contributed by atoms with Gasteiger partial charge in [-0.15, -0.1) is 0 Å². The fourth-order valence-electron chi connectivity index (χ4n) is 5.17. The van der Waals surface area contributed by atoms with Crippen LogP contribution in [0.25, 0.3) is 0 Å². The molecule has 0 spiro atoms. The Morgan fingerprint density at radius 3 is 1.77 bits per heavy atom.